The van der Waals surface area contributed by atoms with Gasteiger partial charge >= 0.3 is 0 Å². The maximum Gasteiger partial charge on any atom is 0.265 e. The summed E-state index contributed by atoms with van der Waals surface area (Å²) < 4.78 is 63.9. The van der Waals surface area contributed by atoms with E-state index < -0.39 is 28.3 Å². The summed E-state index contributed by atoms with van der Waals surface area (Å²) in [5, 5.41) is 2.63. The van der Waals surface area contributed by atoms with E-state index >= 15 is 0 Å². The van der Waals surface area contributed by atoms with Gasteiger partial charge in [-0.05, 0) is 36.4 Å². The molecule has 0 atom stereocenters. The predicted molar refractivity (Wildman–Crippen MR) is 127 cm³/mol. The molecule has 3 aromatic rings. The molecule has 11 heteroatoms. The Morgan fingerprint density at radius 1 is 0.971 bits per heavy atom. The van der Waals surface area contributed by atoms with E-state index in [0.29, 0.717) is 40.5 Å². The second-order valence-corrected chi connectivity index (χ2v) is 9.25. The number of fused-ring (bicyclic) bond motifs is 1. The van der Waals surface area contributed by atoms with Crippen molar-refractivity contribution < 1.29 is 36.6 Å². The summed E-state index contributed by atoms with van der Waals surface area (Å²) in [6.45, 7) is 0.103. The Bertz CT molecular complexity index is 1350. The van der Waals surface area contributed by atoms with Crippen LogP contribution in [0, 0.1) is 5.82 Å². The van der Waals surface area contributed by atoms with Crippen molar-refractivity contribution in [2.45, 2.75) is 4.90 Å². The van der Waals surface area contributed by atoms with Crippen molar-refractivity contribution in [3.05, 3.63) is 66.5 Å². The number of hydrogen-bond donors (Lipinski definition) is 1. The van der Waals surface area contributed by atoms with Gasteiger partial charge in [0.1, 0.15) is 25.6 Å². The highest BCUT2D eigenvalue weighted by Crippen LogP contribution is 2.34. The van der Waals surface area contributed by atoms with Crippen LogP contribution in [0.4, 0.5) is 15.8 Å². The number of halogens is 1. The van der Waals surface area contributed by atoms with Crippen LogP contribution in [-0.4, -0.2) is 48.3 Å². The number of nitrogens with zero attached hydrogens (tertiary/aromatic N) is 1. The van der Waals surface area contributed by atoms with Crippen molar-refractivity contribution >= 4 is 27.3 Å². The van der Waals surface area contributed by atoms with E-state index in [1.165, 1.54) is 50.6 Å². The van der Waals surface area contributed by atoms with Crippen LogP contribution in [0.2, 0.25) is 0 Å². The first-order valence-corrected chi connectivity index (χ1v) is 12.0. The number of nitrogens with one attached hydrogen (secondary N) is 1. The Morgan fingerprint density at radius 2 is 1.69 bits per heavy atom. The molecule has 0 aliphatic carbocycles. The largest absolute Gasteiger partial charge is 0.493 e. The van der Waals surface area contributed by atoms with E-state index in [0.717, 1.165) is 6.07 Å². The number of amides is 1. The number of carbonyl (C=O) groups excluding carboxylic acids is 1. The van der Waals surface area contributed by atoms with Crippen LogP contribution in [0.5, 0.6) is 23.0 Å². The van der Waals surface area contributed by atoms with Gasteiger partial charge < -0.3 is 24.3 Å². The van der Waals surface area contributed by atoms with Gasteiger partial charge in [0.2, 0.25) is 5.91 Å². The van der Waals surface area contributed by atoms with Crippen molar-refractivity contribution in [1.82, 2.24) is 0 Å². The number of para-hydroxylation sites is 1. The number of rotatable bonds is 8. The van der Waals surface area contributed by atoms with Gasteiger partial charge in [0.15, 0.2) is 23.0 Å². The lowest BCUT2D eigenvalue weighted by molar-refractivity contribution is -0.114. The molecule has 35 heavy (non-hydrogen) atoms. The zero-order valence-electron chi connectivity index (χ0n) is 19.0. The Hall–Kier alpha value is -3.99. The number of carbonyl (C=O) groups is 1. The summed E-state index contributed by atoms with van der Waals surface area (Å²) in [4.78, 5) is 12.7. The van der Waals surface area contributed by atoms with Gasteiger partial charge in [0, 0.05) is 17.8 Å². The van der Waals surface area contributed by atoms with E-state index in [9.17, 15) is 17.6 Å². The van der Waals surface area contributed by atoms with Crippen molar-refractivity contribution in [3.8, 4) is 23.0 Å². The lowest BCUT2D eigenvalue weighted by Gasteiger charge is -2.25. The smallest absolute Gasteiger partial charge is 0.265 e. The lowest BCUT2D eigenvalue weighted by Crippen LogP contribution is -2.38. The highest BCUT2D eigenvalue weighted by molar-refractivity contribution is 7.92. The molecule has 1 heterocycles. The number of benzene rings is 3. The molecule has 3 aromatic carbocycles. The van der Waals surface area contributed by atoms with Crippen LogP contribution in [0.3, 0.4) is 0 Å². The third-order valence-corrected chi connectivity index (χ3v) is 6.93. The molecule has 0 radical (unpaired) electrons. The molecule has 0 bridgehead atoms. The Balaban J connectivity index is 1.66. The third kappa shape index (κ3) is 5.09. The molecule has 9 nitrogen and oxygen atoms in total. The average molecular weight is 503 g/mol. The number of ether oxygens (including phenoxy) is 4. The Labute approximate surface area is 202 Å². The van der Waals surface area contributed by atoms with Gasteiger partial charge in [-0.15, -0.1) is 0 Å². The molecule has 0 saturated carbocycles. The Morgan fingerprint density at radius 3 is 2.40 bits per heavy atom. The zero-order chi connectivity index (χ0) is 25.0. The summed E-state index contributed by atoms with van der Waals surface area (Å²) in [6.07, 6.45) is 0. The standard InChI is InChI=1S/C24H23FN2O7S/c1-31-20-10-8-17(14-22(20)32-2)35(29,30)27(19-6-4-3-5-18(19)25)15-24(28)26-16-7-9-21-23(13-16)34-12-11-33-21/h3-10,13-14H,11-12,15H2,1-2H3,(H,26,28). The molecule has 0 spiro atoms. The maximum atomic E-state index is 14.7. The molecular weight excluding hydrogens is 479 g/mol. The first kappa shape index (κ1) is 24.1. The molecule has 0 saturated heterocycles. The zero-order valence-corrected chi connectivity index (χ0v) is 19.8. The van der Waals surface area contributed by atoms with Crippen molar-refractivity contribution in [1.29, 1.82) is 0 Å². The molecule has 0 aromatic heterocycles. The molecule has 1 aliphatic rings. The molecule has 184 valence electrons. The fourth-order valence-corrected chi connectivity index (χ4v) is 4.95. The molecule has 4 rings (SSSR count). The van der Waals surface area contributed by atoms with Crippen LogP contribution in [0.1, 0.15) is 0 Å². The van der Waals surface area contributed by atoms with E-state index in [1.807, 2.05) is 0 Å². The maximum absolute atomic E-state index is 14.7. The fraction of sp³-hybridized carbons (Fsp3) is 0.208. The first-order valence-electron chi connectivity index (χ1n) is 10.5. The predicted octanol–water partition coefficient (Wildman–Crippen LogP) is 3.45. The number of anilines is 2. The van der Waals surface area contributed by atoms with Gasteiger partial charge in [-0.25, -0.2) is 12.8 Å². The first-order chi connectivity index (χ1) is 16.8. The van der Waals surface area contributed by atoms with Crippen LogP contribution < -0.4 is 28.6 Å². The number of methoxy groups -OCH3 is 2. The monoisotopic (exact) mass is 502 g/mol. The van der Waals surface area contributed by atoms with E-state index in [-0.39, 0.29) is 16.3 Å². The third-order valence-electron chi connectivity index (χ3n) is 5.18. The molecule has 1 amide bonds. The molecule has 1 aliphatic heterocycles. The summed E-state index contributed by atoms with van der Waals surface area (Å²) in [6, 6.07) is 14.1. The molecule has 0 unspecified atom stereocenters. The summed E-state index contributed by atoms with van der Waals surface area (Å²) in [5.74, 6) is -0.00285. The van der Waals surface area contributed by atoms with Gasteiger partial charge in [-0.2, -0.15) is 0 Å². The van der Waals surface area contributed by atoms with Gasteiger partial charge in [0.25, 0.3) is 10.0 Å². The number of hydrogen-bond acceptors (Lipinski definition) is 7. The quantitative estimate of drug-likeness (QED) is 0.503. The lowest BCUT2D eigenvalue weighted by atomic mass is 10.2. The average Bonchev–Trinajstić information content (AvgIpc) is 2.87. The van der Waals surface area contributed by atoms with Crippen molar-refractivity contribution in [2.24, 2.45) is 0 Å². The summed E-state index contributed by atoms with van der Waals surface area (Å²) in [7, 11) is -1.60. The SMILES string of the molecule is COc1ccc(S(=O)(=O)N(CC(=O)Nc2ccc3c(c2)OCCO3)c2ccccc2F)cc1OC. The second kappa shape index (κ2) is 10.1. The Kier molecular flexibility index (Phi) is 6.97. The van der Waals surface area contributed by atoms with Gasteiger partial charge in [-0.3, -0.25) is 9.10 Å². The summed E-state index contributed by atoms with van der Waals surface area (Å²) in [5.41, 5.74) is 0.0934. The fourth-order valence-electron chi connectivity index (χ4n) is 3.51. The van der Waals surface area contributed by atoms with Crippen molar-refractivity contribution in [2.75, 3.05) is 43.6 Å². The topological polar surface area (TPSA) is 103 Å². The van der Waals surface area contributed by atoms with Crippen LogP contribution >= 0.6 is 0 Å². The minimum atomic E-state index is -4.38. The molecule has 1 N–H and O–H groups in total. The van der Waals surface area contributed by atoms with Crippen LogP contribution in [0.15, 0.2) is 65.6 Å². The highest BCUT2D eigenvalue weighted by atomic mass is 32.2. The number of sulfonamides is 1. The highest BCUT2D eigenvalue weighted by Gasteiger charge is 2.30. The van der Waals surface area contributed by atoms with Crippen molar-refractivity contribution in [3.63, 3.8) is 0 Å². The molecular formula is C24H23FN2O7S. The van der Waals surface area contributed by atoms with E-state index in [1.54, 1.807) is 18.2 Å². The minimum Gasteiger partial charge on any atom is -0.493 e. The normalized spacial score (nSPS) is 12.5. The summed E-state index contributed by atoms with van der Waals surface area (Å²) >= 11 is 0. The minimum absolute atomic E-state index is 0.169. The van der Waals surface area contributed by atoms with E-state index in [2.05, 4.69) is 5.32 Å². The second-order valence-electron chi connectivity index (χ2n) is 7.39. The van der Waals surface area contributed by atoms with Crippen LogP contribution in [-0.2, 0) is 14.8 Å². The molecule has 0 fully saturated rings. The van der Waals surface area contributed by atoms with Gasteiger partial charge in [-0.1, -0.05) is 12.1 Å². The van der Waals surface area contributed by atoms with E-state index in [4.69, 9.17) is 18.9 Å². The van der Waals surface area contributed by atoms with Crippen LogP contribution in [0.25, 0.3) is 0 Å². The van der Waals surface area contributed by atoms with Gasteiger partial charge in [0.05, 0.1) is 24.8 Å².